The average Bonchev–Trinajstić information content (AvgIpc) is 2.91. The molecule has 1 fully saturated rings. The predicted molar refractivity (Wildman–Crippen MR) is 100 cm³/mol. The fourth-order valence-corrected chi connectivity index (χ4v) is 5.26. The van der Waals surface area contributed by atoms with Crippen LogP contribution in [-0.2, 0) is 14.4 Å². The fraction of sp³-hybridized carbons (Fsp3) is 0.588. The van der Waals surface area contributed by atoms with Crippen molar-refractivity contribution in [2.45, 2.75) is 62.5 Å². The Morgan fingerprint density at radius 2 is 1.96 bits per heavy atom. The maximum Gasteiger partial charge on any atom is 0.303 e. The Kier molecular flexibility index (Phi) is 7.90. The van der Waals surface area contributed by atoms with Crippen LogP contribution in [0.2, 0.25) is 0 Å². The molecule has 25 heavy (non-hydrogen) atoms. The Morgan fingerprint density at radius 1 is 1.24 bits per heavy atom. The molecule has 2 aliphatic heterocycles. The molecule has 2 amide bonds. The van der Waals surface area contributed by atoms with Gasteiger partial charge in [0.25, 0.3) is 0 Å². The molecule has 1 saturated heterocycles. The van der Waals surface area contributed by atoms with Gasteiger partial charge in [-0.05, 0) is 25.0 Å². The monoisotopic (exact) mass is 384 g/mol. The van der Waals surface area contributed by atoms with Gasteiger partial charge < -0.3 is 5.11 Å². The standard InChI is InChI=1S/C17H24N2O4S2/c1-13(7-3-2-4-9-17(22)23)24-25-16-8-5-6-12-18(16)19-14(20)10-11-15(19)21/h5-6,8,12-13,16H,2-4,7,9-11H2,1H3,(H,22,23). The smallest absolute Gasteiger partial charge is 0.303 e. The van der Waals surface area contributed by atoms with Gasteiger partial charge in [-0.3, -0.25) is 19.4 Å². The van der Waals surface area contributed by atoms with Crippen LogP contribution in [0, 0.1) is 0 Å². The summed E-state index contributed by atoms with van der Waals surface area (Å²) in [4.78, 5) is 34.4. The van der Waals surface area contributed by atoms with Crippen molar-refractivity contribution < 1.29 is 19.5 Å². The summed E-state index contributed by atoms with van der Waals surface area (Å²) in [6.45, 7) is 2.15. The minimum Gasteiger partial charge on any atom is -0.481 e. The van der Waals surface area contributed by atoms with E-state index in [1.54, 1.807) is 32.8 Å². The van der Waals surface area contributed by atoms with E-state index in [2.05, 4.69) is 6.92 Å². The molecule has 0 saturated carbocycles. The lowest BCUT2D eigenvalue weighted by Crippen LogP contribution is -2.47. The molecule has 0 aromatic rings. The molecule has 2 rings (SSSR count). The van der Waals surface area contributed by atoms with Gasteiger partial charge in [-0.15, -0.1) is 0 Å². The highest BCUT2D eigenvalue weighted by Crippen LogP contribution is 2.37. The third-order valence-electron chi connectivity index (χ3n) is 3.96. The summed E-state index contributed by atoms with van der Waals surface area (Å²) in [7, 11) is 3.37. The summed E-state index contributed by atoms with van der Waals surface area (Å²) in [5.41, 5.74) is 0. The molecule has 6 nitrogen and oxygen atoms in total. The number of carbonyl (C=O) groups excluding carboxylic acids is 2. The lowest BCUT2D eigenvalue weighted by molar-refractivity contribution is -0.153. The quantitative estimate of drug-likeness (QED) is 0.350. The second-order valence-electron chi connectivity index (χ2n) is 6.09. The van der Waals surface area contributed by atoms with Gasteiger partial charge >= 0.3 is 5.97 Å². The summed E-state index contributed by atoms with van der Waals surface area (Å²) in [5.74, 6) is -1.03. The van der Waals surface area contributed by atoms with Crippen molar-refractivity contribution in [1.82, 2.24) is 10.0 Å². The highest BCUT2D eigenvalue weighted by atomic mass is 33.1. The van der Waals surface area contributed by atoms with Gasteiger partial charge in [0.1, 0.15) is 5.37 Å². The first-order chi connectivity index (χ1) is 12.0. The lowest BCUT2D eigenvalue weighted by atomic mass is 10.1. The van der Waals surface area contributed by atoms with Crippen molar-refractivity contribution in [3.8, 4) is 0 Å². The zero-order valence-corrected chi connectivity index (χ0v) is 15.9. The maximum absolute atomic E-state index is 12.0. The SMILES string of the molecule is CC(CCCCCC(=O)O)SSC1C=CC=CN1N1C(=O)CCC1=O. The van der Waals surface area contributed by atoms with Crippen LogP contribution in [0.3, 0.4) is 0 Å². The number of aliphatic carboxylic acids is 1. The van der Waals surface area contributed by atoms with E-state index in [1.165, 1.54) is 5.01 Å². The van der Waals surface area contributed by atoms with E-state index in [4.69, 9.17) is 5.11 Å². The van der Waals surface area contributed by atoms with E-state index in [0.717, 1.165) is 25.7 Å². The highest BCUT2D eigenvalue weighted by Gasteiger charge is 2.36. The number of unbranched alkanes of at least 4 members (excludes halogenated alkanes) is 2. The van der Waals surface area contributed by atoms with Gasteiger partial charge in [0, 0.05) is 30.7 Å². The number of hydrazine groups is 1. The summed E-state index contributed by atoms with van der Waals surface area (Å²) >= 11 is 0. The lowest BCUT2D eigenvalue weighted by Gasteiger charge is -2.35. The Morgan fingerprint density at radius 3 is 2.64 bits per heavy atom. The van der Waals surface area contributed by atoms with Crippen LogP contribution in [-0.4, -0.2) is 43.5 Å². The third kappa shape index (κ3) is 6.11. The van der Waals surface area contributed by atoms with Crippen molar-refractivity contribution in [2.24, 2.45) is 0 Å². The first-order valence-corrected chi connectivity index (χ1v) is 10.8. The normalized spacial score (nSPS) is 21.2. The van der Waals surface area contributed by atoms with Gasteiger partial charge in [-0.2, -0.15) is 5.01 Å². The Bertz CT molecular complexity index is 549. The first-order valence-electron chi connectivity index (χ1n) is 8.52. The van der Waals surface area contributed by atoms with Crippen molar-refractivity contribution >= 4 is 39.4 Å². The number of amides is 2. The molecule has 0 spiro atoms. The summed E-state index contributed by atoms with van der Waals surface area (Å²) < 4.78 is 0. The minimum absolute atomic E-state index is 0.0875. The number of rotatable bonds is 10. The number of imide groups is 1. The summed E-state index contributed by atoms with van der Waals surface area (Å²) in [6, 6.07) is 0. The number of hydrogen-bond acceptors (Lipinski definition) is 6. The first kappa shape index (κ1) is 19.9. The van der Waals surface area contributed by atoms with E-state index in [1.807, 2.05) is 18.2 Å². The van der Waals surface area contributed by atoms with Crippen molar-refractivity contribution in [1.29, 1.82) is 0 Å². The molecule has 0 aliphatic carbocycles. The number of carboxylic acid groups (broad SMARTS) is 1. The van der Waals surface area contributed by atoms with Crippen molar-refractivity contribution in [3.63, 3.8) is 0 Å². The number of carbonyl (C=O) groups is 3. The topological polar surface area (TPSA) is 77.9 Å². The second kappa shape index (κ2) is 9.91. The molecule has 138 valence electrons. The molecule has 0 radical (unpaired) electrons. The number of allylic oxidation sites excluding steroid dienone is 2. The summed E-state index contributed by atoms with van der Waals surface area (Å²) in [6.07, 6.45) is 12.0. The minimum atomic E-state index is -0.735. The van der Waals surface area contributed by atoms with E-state index >= 15 is 0 Å². The Balaban J connectivity index is 1.75. The molecule has 2 unspecified atom stereocenters. The fourth-order valence-electron chi connectivity index (χ4n) is 2.63. The summed E-state index contributed by atoms with van der Waals surface area (Å²) in [5, 5.41) is 11.9. The van der Waals surface area contributed by atoms with Gasteiger partial charge in [-0.1, -0.05) is 47.4 Å². The van der Waals surface area contributed by atoms with Crippen LogP contribution >= 0.6 is 21.6 Å². The van der Waals surface area contributed by atoms with Crippen LogP contribution < -0.4 is 0 Å². The zero-order chi connectivity index (χ0) is 18.2. The van der Waals surface area contributed by atoms with Crippen LogP contribution in [0.1, 0.15) is 51.9 Å². The average molecular weight is 385 g/mol. The molecular weight excluding hydrogens is 360 g/mol. The van der Waals surface area contributed by atoms with E-state index < -0.39 is 5.97 Å². The van der Waals surface area contributed by atoms with Crippen molar-refractivity contribution in [2.75, 3.05) is 0 Å². The van der Waals surface area contributed by atoms with Gasteiger partial charge in [0.2, 0.25) is 11.8 Å². The highest BCUT2D eigenvalue weighted by molar-refractivity contribution is 8.77. The largest absolute Gasteiger partial charge is 0.481 e. The zero-order valence-electron chi connectivity index (χ0n) is 14.3. The van der Waals surface area contributed by atoms with E-state index in [-0.39, 0.29) is 36.5 Å². The molecule has 0 bridgehead atoms. The third-order valence-corrected chi connectivity index (χ3v) is 7.12. The van der Waals surface area contributed by atoms with Gasteiger partial charge in [0.15, 0.2) is 0 Å². The van der Waals surface area contributed by atoms with Gasteiger partial charge in [-0.25, -0.2) is 0 Å². The molecule has 0 aromatic carbocycles. The molecule has 2 atom stereocenters. The van der Waals surface area contributed by atoms with Crippen LogP contribution in [0.4, 0.5) is 0 Å². The van der Waals surface area contributed by atoms with E-state index in [0.29, 0.717) is 5.25 Å². The number of nitrogens with zero attached hydrogens (tertiary/aromatic N) is 2. The molecule has 2 heterocycles. The van der Waals surface area contributed by atoms with Crippen LogP contribution in [0.25, 0.3) is 0 Å². The molecular formula is C17H24N2O4S2. The molecule has 2 aliphatic rings. The Hall–Kier alpha value is -1.41. The van der Waals surface area contributed by atoms with Crippen LogP contribution in [0.15, 0.2) is 24.4 Å². The van der Waals surface area contributed by atoms with Gasteiger partial charge in [0.05, 0.1) is 0 Å². The molecule has 8 heteroatoms. The predicted octanol–water partition coefficient (Wildman–Crippen LogP) is 3.57. The molecule has 1 N–H and O–H groups in total. The second-order valence-corrected chi connectivity index (χ2v) is 8.92. The maximum atomic E-state index is 12.0. The van der Waals surface area contributed by atoms with Crippen LogP contribution in [0.5, 0.6) is 0 Å². The Labute approximate surface area is 156 Å². The van der Waals surface area contributed by atoms with Crippen molar-refractivity contribution in [3.05, 3.63) is 24.4 Å². The molecule has 0 aromatic heterocycles. The number of hydrogen-bond donors (Lipinski definition) is 1. The number of carboxylic acids is 1. The van der Waals surface area contributed by atoms with E-state index in [9.17, 15) is 14.4 Å².